The quantitative estimate of drug-likeness (QED) is 0.486. The van der Waals surface area contributed by atoms with E-state index in [1.165, 1.54) is 6.07 Å². The molecular formula is C14H19ClN2O3. The van der Waals surface area contributed by atoms with Gasteiger partial charge in [-0.15, -0.1) is 11.6 Å². The topological polar surface area (TPSA) is 55.6 Å². The summed E-state index contributed by atoms with van der Waals surface area (Å²) in [6, 6.07) is 5.14. The zero-order valence-corrected chi connectivity index (χ0v) is 12.5. The molecule has 5 nitrogen and oxygen atoms in total. The van der Waals surface area contributed by atoms with Crippen LogP contribution in [0.5, 0.6) is 0 Å². The molecule has 0 bridgehead atoms. The van der Waals surface area contributed by atoms with Crippen LogP contribution in [0.15, 0.2) is 18.2 Å². The second-order valence-corrected chi connectivity index (χ2v) is 5.46. The summed E-state index contributed by atoms with van der Waals surface area (Å²) in [5.74, 6) is 0.670. The standard InChI is InChI=1S/C14H19ClN2O3/c1-10-5-6-16(9-14(10)20-2)12-3-4-13(17(18)19)11(7-12)8-15/h3-4,7,10,14H,5-6,8-9H2,1-2H3. The molecule has 110 valence electrons. The van der Waals surface area contributed by atoms with Gasteiger partial charge in [0, 0.05) is 37.5 Å². The van der Waals surface area contributed by atoms with Crippen LogP contribution in [0.3, 0.4) is 0 Å². The van der Waals surface area contributed by atoms with Crippen LogP contribution >= 0.6 is 11.6 Å². The summed E-state index contributed by atoms with van der Waals surface area (Å²) in [5.41, 5.74) is 1.61. The molecule has 2 atom stereocenters. The Hall–Kier alpha value is -1.33. The van der Waals surface area contributed by atoms with E-state index in [2.05, 4.69) is 11.8 Å². The number of ether oxygens (including phenoxy) is 1. The van der Waals surface area contributed by atoms with Gasteiger partial charge in [0.25, 0.3) is 5.69 Å². The summed E-state index contributed by atoms with van der Waals surface area (Å²) in [6.07, 6.45) is 1.24. The number of alkyl halides is 1. The summed E-state index contributed by atoms with van der Waals surface area (Å²) in [4.78, 5) is 12.7. The SMILES string of the molecule is COC1CN(c2ccc([N+](=O)[O-])c(CCl)c2)CCC1C. The number of rotatable bonds is 4. The van der Waals surface area contributed by atoms with Crippen molar-refractivity contribution in [2.45, 2.75) is 25.3 Å². The van der Waals surface area contributed by atoms with E-state index in [0.717, 1.165) is 25.2 Å². The normalized spacial score (nSPS) is 22.9. The summed E-state index contributed by atoms with van der Waals surface area (Å²) in [5, 5.41) is 10.9. The van der Waals surface area contributed by atoms with Gasteiger partial charge in [0.2, 0.25) is 0 Å². The Balaban J connectivity index is 2.23. The van der Waals surface area contributed by atoms with E-state index in [-0.39, 0.29) is 17.7 Å². The van der Waals surface area contributed by atoms with E-state index in [0.29, 0.717) is 11.5 Å². The van der Waals surface area contributed by atoms with Gasteiger partial charge in [0.05, 0.1) is 16.9 Å². The van der Waals surface area contributed by atoms with Gasteiger partial charge in [-0.2, -0.15) is 0 Å². The molecule has 6 heteroatoms. The van der Waals surface area contributed by atoms with Crippen LogP contribution in [0.4, 0.5) is 11.4 Å². The van der Waals surface area contributed by atoms with Crippen LogP contribution in [-0.2, 0) is 10.6 Å². The Morgan fingerprint density at radius 1 is 1.55 bits per heavy atom. The van der Waals surface area contributed by atoms with Crippen molar-refractivity contribution in [3.8, 4) is 0 Å². The average molecular weight is 299 g/mol. The molecule has 0 N–H and O–H groups in total. The van der Waals surface area contributed by atoms with E-state index >= 15 is 0 Å². The maximum Gasteiger partial charge on any atom is 0.273 e. The lowest BCUT2D eigenvalue weighted by Gasteiger charge is -2.37. The number of piperidine rings is 1. The van der Waals surface area contributed by atoms with Gasteiger partial charge in [0.1, 0.15) is 0 Å². The molecule has 2 rings (SSSR count). The molecule has 0 radical (unpaired) electrons. The largest absolute Gasteiger partial charge is 0.379 e. The number of nitrogens with zero attached hydrogens (tertiary/aromatic N) is 2. The van der Waals surface area contributed by atoms with E-state index in [4.69, 9.17) is 16.3 Å². The average Bonchev–Trinajstić information content (AvgIpc) is 2.46. The van der Waals surface area contributed by atoms with Crippen LogP contribution in [-0.4, -0.2) is 31.2 Å². The molecule has 1 aliphatic rings. The maximum atomic E-state index is 10.9. The maximum absolute atomic E-state index is 10.9. The second kappa shape index (κ2) is 6.41. The van der Waals surface area contributed by atoms with Gasteiger partial charge in [-0.1, -0.05) is 6.92 Å². The zero-order valence-electron chi connectivity index (χ0n) is 11.7. The molecule has 1 aliphatic heterocycles. The molecule has 1 aromatic carbocycles. The molecule has 0 aromatic heterocycles. The number of nitro groups is 1. The Morgan fingerprint density at radius 2 is 2.30 bits per heavy atom. The Morgan fingerprint density at radius 3 is 2.90 bits per heavy atom. The minimum atomic E-state index is -0.391. The minimum absolute atomic E-state index is 0.0809. The van der Waals surface area contributed by atoms with Crippen LogP contribution < -0.4 is 4.90 Å². The fraction of sp³-hybridized carbons (Fsp3) is 0.571. The van der Waals surface area contributed by atoms with Crippen molar-refractivity contribution in [1.29, 1.82) is 0 Å². The number of methoxy groups -OCH3 is 1. The van der Waals surface area contributed by atoms with Crippen LogP contribution in [0.1, 0.15) is 18.9 Å². The van der Waals surface area contributed by atoms with Crippen LogP contribution in [0, 0.1) is 16.0 Å². The van der Waals surface area contributed by atoms with Crippen LogP contribution in [0.2, 0.25) is 0 Å². The summed E-state index contributed by atoms with van der Waals surface area (Å²) in [7, 11) is 1.73. The lowest BCUT2D eigenvalue weighted by molar-refractivity contribution is -0.385. The fourth-order valence-corrected chi connectivity index (χ4v) is 2.84. The molecule has 0 spiro atoms. The molecule has 0 amide bonds. The predicted molar refractivity (Wildman–Crippen MR) is 79.4 cm³/mol. The molecule has 0 aliphatic carbocycles. The smallest absolute Gasteiger partial charge is 0.273 e. The summed E-state index contributed by atoms with van der Waals surface area (Å²) in [6.45, 7) is 3.92. The lowest BCUT2D eigenvalue weighted by Crippen LogP contribution is -2.43. The predicted octanol–water partition coefficient (Wildman–Crippen LogP) is 3.19. The first kappa shape index (κ1) is 15.1. The molecule has 1 heterocycles. The Kier molecular flexibility index (Phi) is 4.83. The molecular weight excluding hydrogens is 280 g/mol. The number of anilines is 1. The van der Waals surface area contributed by atoms with Gasteiger partial charge in [0.15, 0.2) is 0 Å². The van der Waals surface area contributed by atoms with E-state index < -0.39 is 4.92 Å². The minimum Gasteiger partial charge on any atom is -0.379 e. The molecule has 1 saturated heterocycles. The van der Waals surface area contributed by atoms with Gasteiger partial charge in [-0.05, 0) is 24.5 Å². The first-order chi connectivity index (χ1) is 9.56. The van der Waals surface area contributed by atoms with Crippen molar-refractivity contribution in [2.75, 3.05) is 25.1 Å². The van der Waals surface area contributed by atoms with Crippen molar-refractivity contribution < 1.29 is 9.66 Å². The van der Waals surface area contributed by atoms with Gasteiger partial charge in [-0.3, -0.25) is 10.1 Å². The van der Waals surface area contributed by atoms with Gasteiger partial charge < -0.3 is 9.64 Å². The number of nitro benzene ring substituents is 1. The molecule has 1 aromatic rings. The number of hydrogen-bond donors (Lipinski definition) is 0. The van der Waals surface area contributed by atoms with Gasteiger partial charge >= 0.3 is 0 Å². The van der Waals surface area contributed by atoms with Crippen molar-refractivity contribution in [3.05, 3.63) is 33.9 Å². The Bertz CT molecular complexity index is 495. The molecule has 2 unspecified atom stereocenters. The second-order valence-electron chi connectivity index (χ2n) is 5.19. The summed E-state index contributed by atoms with van der Waals surface area (Å²) < 4.78 is 5.50. The molecule has 1 fully saturated rings. The van der Waals surface area contributed by atoms with E-state index in [1.54, 1.807) is 13.2 Å². The molecule has 20 heavy (non-hydrogen) atoms. The Labute approximate surface area is 123 Å². The highest BCUT2D eigenvalue weighted by molar-refractivity contribution is 6.17. The number of benzene rings is 1. The fourth-order valence-electron chi connectivity index (χ4n) is 2.63. The number of hydrogen-bond acceptors (Lipinski definition) is 4. The van der Waals surface area contributed by atoms with E-state index in [1.807, 2.05) is 6.07 Å². The van der Waals surface area contributed by atoms with Crippen molar-refractivity contribution >= 4 is 23.0 Å². The van der Waals surface area contributed by atoms with Crippen molar-refractivity contribution in [2.24, 2.45) is 5.92 Å². The van der Waals surface area contributed by atoms with Crippen LogP contribution in [0.25, 0.3) is 0 Å². The molecule has 0 saturated carbocycles. The third kappa shape index (κ3) is 3.04. The van der Waals surface area contributed by atoms with E-state index in [9.17, 15) is 10.1 Å². The van der Waals surface area contributed by atoms with Crippen molar-refractivity contribution in [1.82, 2.24) is 0 Å². The highest BCUT2D eigenvalue weighted by Crippen LogP contribution is 2.29. The summed E-state index contributed by atoms with van der Waals surface area (Å²) >= 11 is 5.82. The first-order valence-electron chi connectivity index (χ1n) is 6.67. The highest BCUT2D eigenvalue weighted by atomic mass is 35.5. The lowest BCUT2D eigenvalue weighted by atomic mass is 9.95. The third-order valence-corrected chi connectivity index (χ3v) is 4.25. The highest BCUT2D eigenvalue weighted by Gasteiger charge is 2.27. The monoisotopic (exact) mass is 298 g/mol. The van der Waals surface area contributed by atoms with Crippen molar-refractivity contribution in [3.63, 3.8) is 0 Å². The first-order valence-corrected chi connectivity index (χ1v) is 7.21. The number of halogens is 1. The zero-order chi connectivity index (χ0) is 14.7. The van der Waals surface area contributed by atoms with Gasteiger partial charge in [-0.25, -0.2) is 0 Å². The third-order valence-electron chi connectivity index (χ3n) is 3.96.